The summed E-state index contributed by atoms with van der Waals surface area (Å²) < 4.78 is 33.1. The Balaban J connectivity index is 2.38. The number of benzene rings is 2. The van der Waals surface area contributed by atoms with Crippen molar-refractivity contribution >= 4 is 33.3 Å². The Morgan fingerprint density at radius 2 is 1.70 bits per heavy atom. The molecule has 0 spiro atoms. The van der Waals surface area contributed by atoms with Gasteiger partial charge in [-0.2, -0.15) is 8.42 Å². The van der Waals surface area contributed by atoms with Crippen LogP contribution < -0.4 is 10.6 Å². The molecule has 27 heavy (non-hydrogen) atoms. The fraction of sp³-hybridized carbons (Fsp3) is 0.158. The molecule has 0 saturated heterocycles. The largest absolute Gasteiger partial charge is 0.326 e. The van der Waals surface area contributed by atoms with Gasteiger partial charge in [0, 0.05) is 23.4 Å². The van der Waals surface area contributed by atoms with Gasteiger partial charge in [0.2, 0.25) is 11.8 Å². The van der Waals surface area contributed by atoms with Gasteiger partial charge >= 0.3 is 0 Å². The van der Waals surface area contributed by atoms with Crippen molar-refractivity contribution in [2.45, 2.75) is 24.7 Å². The van der Waals surface area contributed by atoms with Crippen LogP contribution >= 0.6 is 0 Å². The van der Waals surface area contributed by atoms with Crippen molar-refractivity contribution in [3.63, 3.8) is 0 Å². The maximum absolute atomic E-state index is 11.8. The average Bonchev–Trinajstić information content (AvgIpc) is 2.62. The SMILES string of the molecule is C=CC(=O)Nc1ccc(-c2ccc(NC(=O)CCC)cc2)c(S(=O)(=O)O)c1. The summed E-state index contributed by atoms with van der Waals surface area (Å²) in [6, 6.07) is 10.7. The molecule has 0 aromatic heterocycles. The number of hydrogen-bond donors (Lipinski definition) is 3. The summed E-state index contributed by atoms with van der Waals surface area (Å²) >= 11 is 0. The first-order chi connectivity index (χ1) is 12.7. The van der Waals surface area contributed by atoms with Gasteiger partial charge in [0.25, 0.3) is 10.1 Å². The molecule has 7 nitrogen and oxygen atoms in total. The molecule has 2 aromatic rings. The Morgan fingerprint density at radius 3 is 2.26 bits per heavy atom. The summed E-state index contributed by atoms with van der Waals surface area (Å²) in [7, 11) is -4.53. The number of hydrogen-bond acceptors (Lipinski definition) is 4. The number of amides is 2. The molecule has 8 heteroatoms. The summed E-state index contributed by atoms with van der Waals surface area (Å²) in [5.41, 5.74) is 1.58. The Morgan fingerprint density at radius 1 is 1.07 bits per heavy atom. The fourth-order valence-corrected chi connectivity index (χ4v) is 3.17. The van der Waals surface area contributed by atoms with Crippen LogP contribution in [0.4, 0.5) is 11.4 Å². The van der Waals surface area contributed by atoms with Crippen LogP contribution in [0.15, 0.2) is 60.0 Å². The second-order valence-corrected chi connectivity index (χ2v) is 7.14. The van der Waals surface area contributed by atoms with Gasteiger partial charge in [-0.1, -0.05) is 31.7 Å². The molecule has 0 unspecified atom stereocenters. The van der Waals surface area contributed by atoms with Crippen LogP contribution in [0.3, 0.4) is 0 Å². The molecule has 0 aliphatic carbocycles. The van der Waals surface area contributed by atoms with Gasteiger partial charge in [-0.3, -0.25) is 14.1 Å². The summed E-state index contributed by atoms with van der Waals surface area (Å²) in [6.07, 6.45) is 2.19. The van der Waals surface area contributed by atoms with E-state index >= 15 is 0 Å². The van der Waals surface area contributed by atoms with E-state index in [0.29, 0.717) is 17.7 Å². The second-order valence-electron chi connectivity index (χ2n) is 5.75. The van der Waals surface area contributed by atoms with Crippen molar-refractivity contribution in [1.29, 1.82) is 0 Å². The highest BCUT2D eigenvalue weighted by molar-refractivity contribution is 7.86. The molecule has 0 fully saturated rings. The lowest BCUT2D eigenvalue weighted by Crippen LogP contribution is -2.10. The Hall–Kier alpha value is -2.97. The quantitative estimate of drug-likeness (QED) is 0.497. The second kappa shape index (κ2) is 8.61. The van der Waals surface area contributed by atoms with E-state index in [4.69, 9.17) is 0 Å². The van der Waals surface area contributed by atoms with Gasteiger partial charge in [0.1, 0.15) is 4.90 Å². The third-order valence-electron chi connectivity index (χ3n) is 3.67. The first-order valence-corrected chi connectivity index (χ1v) is 9.64. The van der Waals surface area contributed by atoms with Gasteiger partial charge in [-0.15, -0.1) is 0 Å². The highest BCUT2D eigenvalue weighted by Crippen LogP contribution is 2.30. The standard InChI is InChI=1S/C19H20N2O5S/c1-3-5-19(23)20-14-8-6-13(7-9-14)16-11-10-15(21-18(22)4-2)12-17(16)27(24,25)26/h4,6-12H,2-3,5H2,1H3,(H,20,23)(H,21,22)(H,24,25,26). The molecule has 0 atom stereocenters. The molecule has 2 amide bonds. The normalized spacial score (nSPS) is 10.9. The smallest absolute Gasteiger partial charge is 0.295 e. The molecular weight excluding hydrogens is 368 g/mol. The Labute approximate surface area is 157 Å². The van der Waals surface area contributed by atoms with E-state index in [9.17, 15) is 22.6 Å². The first kappa shape index (κ1) is 20.3. The van der Waals surface area contributed by atoms with Crippen LogP contribution in [0.25, 0.3) is 11.1 Å². The topological polar surface area (TPSA) is 113 Å². The van der Waals surface area contributed by atoms with E-state index in [1.807, 2.05) is 6.92 Å². The van der Waals surface area contributed by atoms with Crippen molar-refractivity contribution < 1.29 is 22.6 Å². The fourth-order valence-electron chi connectivity index (χ4n) is 2.43. The lowest BCUT2D eigenvalue weighted by molar-refractivity contribution is -0.116. The van der Waals surface area contributed by atoms with Crippen LogP contribution in [0.1, 0.15) is 19.8 Å². The van der Waals surface area contributed by atoms with Crippen LogP contribution in [0.2, 0.25) is 0 Å². The average molecular weight is 388 g/mol. The van der Waals surface area contributed by atoms with Crippen molar-refractivity contribution in [2.24, 2.45) is 0 Å². The Kier molecular flexibility index (Phi) is 6.49. The van der Waals surface area contributed by atoms with Crippen LogP contribution in [0, 0.1) is 0 Å². The zero-order valence-electron chi connectivity index (χ0n) is 14.7. The van der Waals surface area contributed by atoms with E-state index in [1.54, 1.807) is 24.3 Å². The van der Waals surface area contributed by atoms with Gasteiger partial charge in [-0.25, -0.2) is 0 Å². The molecule has 0 bridgehead atoms. The minimum Gasteiger partial charge on any atom is -0.326 e. The lowest BCUT2D eigenvalue weighted by atomic mass is 10.0. The first-order valence-electron chi connectivity index (χ1n) is 8.20. The number of carbonyl (C=O) groups excluding carboxylic acids is 2. The molecule has 2 aromatic carbocycles. The van der Waals surface area contributed by atoms with Gasteiger partial charge in [-0.05, 0) is 42.3 Å². The summed E-state index contributed by atoms with van der Waals surface area (Å²) in [4.78, 5) is 22.7. The summed E-state index contributed by atoms with van der Waals surface area (Å²) in [6.45, 7) is 5.23. The molecule has 0 heterocycles. The molecule has 3 N–H and O–H groups in total. The number of rotatable bonds is 7. The Bertz CT molecular complexity index is 966. The van der Waals surface area contributed by atoms with E-state index in [-0.39, 0.29) is 22.1 Å². The van der Waals surface area contributed by atoms with Crippen molar-refractivity contribution in [3.05, 3.63) is 55.1 Å². The van der Waals surface area contributed by atoms with Gasteiger partial charge < -0.3 is 10.6 Å². The molecule has 142 valence electrons. The minimum atomic E-state index is -4.53. The molecular formula is C19H20N2O5S. The predicted octanol–water partition coefficient (Wildman–Crippen LogP) is 3.46. The van der Waals surface area contributed by atoms with E-state index < -0.39 is 16.0 Å². The van der Waals surface area contributed by atoms with E-state index in [1.165, 1.54) is 18.2 Å². The van der Waals surface area contributed by atoms with Crippen LogP contribution in [0.5, 0.6) is 0 Å². The van der Waals surface area contributed by atoms with E-state index in [0.717, 1.165) is 12.5 Å². The minimum absolute atomic E-state index is 0.105. The zero-order chi connectivity index (χ0) is 20.0. The summed E-state index contributed by atoms with van der Waals surface area (Å²) in [5.74, 6) is -0.609. The van der Waals surface area contributed by atoms with Gasteiger partial charge in [0.05, 0.1) is 0 Å². The van der Waals surface area contributed by atoms with Crippen LogP contribution in [-0.2, 0) is 19.7 Å². The third kappa shape index (κ3) is 5.50. The van der Waals surface area contributed by atoms with Crippen LogP contribution in [-0.4, -0.2) is 24.8 Å². The lowest BCUT2D eigenvalue weighted by Gasteiger charge is -2.11. The molecule has 0 aliphatic heterocycles. The summed E-state index contributed by atoms with van der Waals surface area (Å²) in [5, 5.41) is 5.19. The number of nitrogens with one attached hydrogen (secondary N) is 2. The van der Waals surface area contributed by atoms with Gasteiger partial charge in [0.15, 0.2) is 0 Å². The highest BCUT2D eigenvalue weighted by Gasteiger charge is 2.18. The van der Waals surface area contributed by atoms with E-state index in [2.05, 4.69) is 17.2 Å². The monoisotopic (exact) mass is 388 g/mol. The molecule has 0 aliphatic rings. The predicted molar refractivity (Wildman–Crippen MR) is 104 cm³/mol. The highest BCUT2D eigenvalue weighted by atomic mass is 32.2. The maximum Gasteiger partial charge on any atom is 0.295 e. The van der Waals surface area contributed by atoms with Crippen molar-refractivity contribution in [2.75, 3.05) is 10.6 Å². The third-order valence-corrected chi connectivity index (χ3v) is 4.56. The van der Waals surface area contributed by atoms with Crippen molar-refractivity contribution in [3.8, 4) is 11.1 Å². The number of anilines is 2. The van der Waals surface area contributed by atoms with Crippen molar-refractivity contribution in [1.82, 2.24) is 0 Å². The maximum atomic E-state index is 11.8. The molecule has 0 radical (unpaired) electrons. The molecule has 2 rings (SSSR count). The zero-order valence-corrected chi connectivity index (χ0v) is 15.5. The molecule has 0 saturated carbocycles. The number of carbonyl (C=O) groups is 2.